The normalized spacial score (nSPS) is 15.5. The van der Waals surface area contributed by atoms with Gasteiger partial charge in [-0.3, -0.25) is 4.79 Å². The number of carbonyl (C=O) groups is 1. The van der Waals surface area contributed by atoms with Crippen molar-refractivity contribution in [3.63, 3.8) is 0 Å². The number of sulfone groups is 1. The van der Waals surface area contributed by atoms with E-state index < -0.39 is 54.1 Å². The molecule has 1 aliphatic heterocycles. The summed E-state index contributed by atoms with van der Waals surface area (Å²) in [6.45, 7) is -0.491. The molecule has 1 heterocycles. The van der Waals surface area contributed by atoms with Gasteiger partial charge in [-0.25, -0.2) is 30.3 Å². The van der Waals surface area contributed by atoms with E-state index in [0.29, 0.717) is 5.75 Å². The fraction of sp³-hybridized carbons (Fsp3) is 0.350. The molecule has 1 amide bonds. The maximum absolute atomic E-state index is 13.7. The van der Waals surface area contributed by atoms with Gasteiger partial charge in [-0.1, -0.05) is 6.07 Å². The summed E-state index contributed by atoms with van der Waals surface area (Å²) in [5, 5.41) is -0.691. The van der Waals surface area contributed by atoms with Gasteiger partial charge in [0.2, 0.25) is 15.9 Å². The van der Waals surface area contributed by atoms with Crippen LogP contribution < -0.4 is 9.46 Å². The number of likely N-dealkylation sites (tertiary alicyclic amines) is 1. The molecule has 2 aromatic rings. The van der Waals surface area contributed by atoms with E-state index in [1.54, 1.807) is 12.1 Å². The van der Waals surface area contributed by atoms with Gasteiger partial charge in [0.1, 0.15) is 17.4 Å². The minimum atomic E-state index is -4.58. The molecule has 0 atom stereocenters. The minimum absolute atomic E-state index is 0.106. The van der Waals surface area contributed by atoms with Crippen LogP contribution in [0.5, 0.6) is 5.75 Å². The highest BCUT2D eigenvalue weighted by atomic mass is 32.2. The molecule has 0 aromatic heterocycles. The molecule has 2 aromatic carbocycles. The first-order chi connectivity index (χ1) is 15.1. The summed E-state index contributed by atoms with van der Waals surface area (Å²) in [4.78, 5) is 12.7. The topological polar surface area (TPSA) is 110 Å². The van der Waals surface area contributed by atoms with Crippen LogP contribution in [0.2, 0.25) is 0 Å². The zero-order valence-corrected chi connectivity index (χ0v) is 18.8. The van der Waals surface area contributed by atoms with Gasteiger partial charge in [0.15, 0.2) is 14.7 Å². The van der Waals surface area contributed by atoms with Crippen LogP contribution in [0.4, 0.5) is 8.78 Å². The Kier molecular flexibility index (Phi) is 7.16. The third kappa shape index (κ3) is 5.08. The average Bonchev–Trinajstić information content (AvgIpc) is 2.77. The first kappa shape index (κ1) is 24.1. The van der Waals surface area contributed by atoms with Crippen LogP contribution in [0.25, 0.3) is 0 Å². The number of amides is 1. The van der Waals surface area contributed by atoms with Gasteiger partial charge in [-0.2, -0.15) is 0 Å². The Bertz CT molecular complexity index is 1170. The Hall–Kier alpha value is -2.57. The van der Waals surface area contributed by atoms with E-state index >= 15 is 0 Å². The molecule has 12 heteroatoms. The van der Waals surface area contributed by atoms with Gasteiger partial charge in [0.05, 0.1) is 23.8 Å². The summed E-state index contributed by atoms with van der Waals surface area (Å²) >= 11 is 0. The standard InChI is InChI=1S/C20H22F2N2O6S2/c1-30-14-5-7-15(8-6-14)31(26,27)16-9-11-24(12-10-16)19(25)13-23-32(28,29)20-17(21)3-2-4-18(20)22/h2-8,16,23H,9-13H2,1H3. The second-order valence-electron chi connectivity index (χ2n) is 7.18. The maximum Gasteiger partial charge on any atom is 0.246 e. The molecule has 0 spiro atoms. The smallest absolute Gasteiger partial charge is 0.246 e. The lowest BCUT2D eigenvalue weighted by Crippen LogP contribution is -2.46. The van der Waals surface area contributed by atoms with Crippen molar-refractivity contribution in [2.45, 2.75) is 27.9 Å². The van der Waals surface area contributed by atoms with Gasteiger partial charge in [0.25, 0.3) is 0 Å². The molecule has 0 saturated carbocycles. The maximum atomic E-state index is 13.7. The number of sulfonamides is 1. The number of nitrogens with zero attached hydrogens (tertiary/aromatic N) is 1. The fourth-order valence-electron chi connectivity index (χ4n) is 3.45. The first-order valence-electron chi connectivity index (χ1n) is 9.65. The number of carbonyl (C=O) groups excluding carboxylic acids is 1. The molecule has 3 rings (SSSR count). The van der Waals surface area contributed by atoms with Crippen molar-refractivity contribution < 1.29 is 35.1 Å². The molecular formula is C20H22F2N2O6S2. The van der Waals surface area contributed by atoms with Crippen molar-refractivity contribution in [1.82, 2.24) is 9.62 Å². The van der Waals surface area contributed by atoms with Crippen LogP contribution in [0.3, 0.4) is 0 Å². The molecule has 1 aliphatic rings. The number of nitrogens with one attached hydrogen (secondary N) is 1. The van der Waals surface area contributed by atoms with Crippen LogP contribution in [0.15, 0.2) is 52.3 Å². The summed E-state index contributed by atoms with van der Waals surface area (Å²) in [7, 11) is -6.72. The lowest BCUT2D eigenvalue weighted by Gasteiger charge is -2.31. The monoisotopic (exact) mass is 488 g/mol. The lowest BCUT2D eigenvalue weighted by atomic mass is 10.1. The van der Waals surface area contributed by atoms with Crippen molar-refractivity contribution in [3.05, 3.63) is 54.1 Å². The van der Waals surface area contributed by atoms with E-state index in [1.165, 1.54) is 24.1 Å². The fourth-order valence-corrected chi connectivity index (χ4v) is 6.29. The number of benzene rings is 2. The van der Waals surface area contributed by atoms with Crippen molar-refractivity contribution in [3.8, 4) is 5.75 Å². The number of ether oxygens (including phenoxy) is 1. The van der Waals surface area contributed by atoms with Gasteiger partial charge >= 0.3 is 0 Å². The highest BCUT2D eigenvalue weighted by molar-refractivity contribution is 7.92. The number of methoxy groups -OCH3 is 1. The quantitative estimate of drug-likeness (QED) is 0.636. The predicted molar refractivity (Wildman–Crippen MR) is 111 cm³/mol. The van der Waals surface area contributed by atoms with Crippen molar-refractivity contribution in [1.29, 1.82) is 0 Å². The van der Waals surface area contributed by atoms with Crippen molar-refractivity contribution in [2.24, 2.45) is 0 Å². The van der Waals surface area contributed by atoms with Gasteiger partial charge in [-0.05, 0) is 49.2 Å². The van der Waals surface area contributed by atoms with Crippen LogP contribution >= 0.6 is 0 Å². The van der Waals surface area contributed by atoms with Crippen molar-refractivity contribution in [2.75, 3.05) is 26.7 Å². The summed E-state index contributed by atoms with van der Waals surface area (Å²) in [5.74, 6) is -2.63. The number of hydrogen-bond acceptors (Lipinski definition) is 6. The Morgan fingerprint density at radius 2 is 1.59 bits per heavy atom. The minimum Gasteiger partial charge on any atom is -0.497 e. The zero-order chi connectivity index (χ0) is 23.5. The first-order valence-corrected chi connectivity index (χ1v) is 12.7. The van der Waals surface area contributed by atoms with Gasteiger partial charge in [0, 0.05) is 13.1 Å². The second kappa shape index (κ2) is 9.51. The second-order valence-corrected chi connectivity index (χ2v) is 11.1. The van der Waals surface area contributed by atoms with Crippen molar-refractivity contribution >= 4 is 25.8 Å². The summed E-state index contributed by atoms with van der Waals surface area (Å²) < 4.78 is 84.5. The molecular weight excluding hydrogens is 466 g/mol. The van der Waals surface area contributed by atoms with Gasteiger partial charge < -0.3 is 9.64 Å². The molecule has 1 N–H and O–H groups in total. The Morgan fingerprint density at radius 1 is 1.03 bits per heavy atom. The third-order valence-electron chi connectivity index (χ3n) is 5.22. The summed E-state index contributed by atoms with van der Waals surface area (Å²) in [6, 6.07) is 8.65. The van der Waals surface area contributed by atoms with Gasteiger partial charge in [-0.15, -0.1) is 0 Å². The molecule has 1 saturated heterocycles. The third-order valence-corrected chi connectivity index (χ3v) is 8.95. The Labute approximate surface area is 185 Å². The Morgan fingerprint density at radius 3 is 2.12 bits per heavy atom. The van der Waals surface area contributed by atoms with E-state index in [4.69, 9.17) is 4.74 Å². The largest absolute Gasteiger partial charge is 0.497 e. The van der Waals surface area contributed by atoms with Crippen LogP contribution in [-0.4, -0.2) is 59.6 Å². The summed E-state index contributed by atoms with van der Waals surface area (Å²) in [5.41, 5.74) is 0. The number of piperidine rings is 1. The molecule has 1 fully saturated rings. The molecule has 0 radical (unpaired) electrons. The molecule has 0 bridgehead atoms. The van der Waals surface area contributed by atoms with E-state index in [-0.39, 0.29) is 30.8 Å². The van der Waals surface area contributed by atoms with Crippen LogP contribution in [-0.2, 0) is 24.7 Å². The molecule has 174 valence electrons. The van der Waals surface area contributed by atoms with E-state index in [2.05, 4.69) is 0 Å². The zero-order valence-electron chi connectivity index (χ0n) is 17.1. The number of rotatable bonds is 7. The number of halogens is 2. The van der Waals surface area contributed by atoms with E-state index in [9.17, 15) is 30.4 Å². The number of hydrogen-bond donors (Lipinski definition) is 1. The Balaban J connectivity index is 1.59. The summed E-state index contributed by atoms with van der Waals surface area (Å²) in [6.07, 6.45) is 0.351. The molecule has 0 unspecified atom stereocenters. The highest BCUT2D eigenvalue weighted by Crippen LogP contribution is 2.26. The highest BCUT2D eigenvalue weighted by Gasteiger charge is 2.33. The van der Waals surface area contributed by atoms with Crippen LogP contribution in [0, 0.1) is 11.6 Å². The SMILES string of the molecule is COc1ccc(S(=O)(=O)C2CCN(C(=O)CNS(=O)(=O)c3c(F)cccc3F)CC2)cc1. The van der Waals surface area contributed by atoms with E-state index in [0.717, 1.165) is 18.2 Å². The van der Waals surface area contributed by atoms with Crippen LogP contribution in [0.1, 0.15) is 12.8 Å². The average molecular weight is 489 g/mol. The molecule has 0 aliphatic carbocycles. The molecule has 32 heavy (non-hydrogen) atoms. The lowest BCUT2D eigenvalue weighted by molar-refractivity contribution is -0.130. The predicted octanol–water partition coefficient (Wildman–Crippen LogP) is 1.72. The van der Waals surface area contributed by atoms with E-state index in [1.807, 2.05) is 4.72 Å². The molecule has 8 nitrogen and oxygen atoms in total.